The van der Waals surface area contributed by atoms with Gasteiger partial charge < -0.3 is 15.7 Å². The highest BCUT2D eigenvalue weighted by Gasteiger charge is 2.09. The Labute approximate surface area is 156 Å². The minimum absolute atomic E-state index is 0.265. The van der Waals surface area contributed by atoms with Crippen LogP contribution < -0.4 is 10.6 Å². The molecule has 0 aliphatic heterocycles. The summed E-state index contributed by atoms with van der Waals surface area (Å²) in [7, 11) is 0. The van der Waals surface area contributed by atoms with Crippen molar-refractivity contribution in [3.05, 3.63) is 71.9 Å². The van der Waals surface area contributed by atoms with Gasteiger partial charge in [-0.1, -0.05) is 24.3 Å². The van der Waals surface area contributed by atoms with E-state index in [-0.39, 0.29) is 5.75 Å². The van der Waals surface area contributed by atoms with Gasteiger partial charge >= 0.3 is 0 Å². The standard InChI is InChI=1S/C20H20N6O/c1-13-19(21-12-14-2-8-17(27)9-3-14)25-26-20(13)23-16-6-4-15(5-7-16)18-10-11-22-24-18/h2-11,27H,12H2,1H3,(H,22,24)(H3,21,23,25,26). The number of anilines is 3. The van der Waals surface area contributed by atoms with Crippen LogP contribution in [0.1, 0.15) is 11.1 Å². The van der Waals surface area contributed by atoms with Gasteiger partial charge in [-0.05, 0) is 42.8 Å². The summed E-state index contributed by atoms with van der Waals surface area (Å²) in [6.45, 7) is 2.64. The minimum atomic E-state index is 0.265. The summed E-state index contributed by atoms with van der Waals surface area (Å²) in [5.41, 5.74) is 5.00. The van der Waals surface area contributed by atoms with E-state index in [4.69, 9.17) is 0 Å². The number of phenols is 1. The Morgan fingerprint density at radius 2 is 1.74 bits per heavy atom. The zero-order chi connectivity index (χ0) is 18.6. The van der Waals surface area contributed by atoms with Crippen molar-refractivity contribution < 1.29 is 5.11 Å². The molecule has 4 aromatic rings. The molecule has 136 valence electrons. The van der Waals surface area contributed by atoms with Gasteiger partial charge in [-0.25, -0.2) is 0 Å². The first-order valence-electron chi connectivity index (χ1n) is 8.63. The maximum atomic E-state index is 9.35. The van der Waals surface area contributed by atoms with Crippen LogP contribution in [0.3, 0.4) is 0 Å². The van der Waals surface area contributed by atoms with Gasteiger partial charge in [0, 0.05) is 29.6 Å². The maximum absolute atomic E-state index is 9.35. The molecule has 7 heteroatoms. The second-order valence-corrected chi connectivity index (χ2v) is 6.25. The van der Waals surface area contributed by atoms with E-state index in [2.05, 4.69) is 31.0 Å². The molecule has 0 saturated carbocycles. The lowest BCUT2D eigenvalue weighted by molar-refractivity contribution is 0.475. The van der Waals surface area contributed by atoms with Gasteiger partial charge in [-0.2, -0.15) is 10.2 Å². The maximum Gasteiger partial charge on any atom is 0.157 e. The summed E-state index contributed by atoms with van der Waals surface area (Å²) in [5.74, 6) is 1.90. The quantitative estimate of drug-likeness (QED) is 0.355. The van der Waals surface area contributed by atoms with Crippen molar-refractivity contribution in [2.45, 2.75) is 13.5 Å². The zero-order valence-corrected chi connectivity index (χ0v) is 14.8. The Bertz CT molecular complexity index is 1000. The summed E-state index contributed by atoms with van der Waals surface area (Å²) >= 11 is 0. The molecule has 0 spiro atoms. The molecular weight excluding hydrogens is 340 g/mol. The van der Waals surface area contributed by atoms with Crippen LogP contribution in [0.25, 0.3) is 11.3 Å². The van der Waals surface area contributed by atoms with Crippen molar-refractivity contribution in [2.24, 2.45) is 0 Å². The lowest BCUT2D eigenvalue weighted by Gasteiger charge is -2.07. The molecule has 0 saturated heterocycles. The van der Waals surface area contributed by atoms with Gasteiger partial charge in [-0.3, -0.25) is 10.2 Å². The summed E-state index contributed by atoms with van der Waals surface area (Å²) in [4.78, 5) is 0. The number of aromatic amines is 2. The van der Waals surface area contributed by atoms with Crippen LogP contribution >= 0.6 is 0 Å². The predicted molar refractivity (Wildman–Crippen MR) is 106 cm³/mol. The molecule has 5 N–H and O–H groups in total. The number of phenolic OH excluding ortho intramolecular Hbond substituents is 1. The fourth-order valence-electron chi connectivity index (χ4n) is 2.78. The molecular formula is C20H20N6O. The van der Waals surface area contributed by atoms with Gasteiger partial charge in [0.2, 0.25) is 0 Å². The molecule has 0 aliphatic rings. The van der Waals surface area contributed by atoms with Gasteiger partial charge in [0.1, 0.15) is 11.6 Å². The zero-order valence-electron chi connectivity index (χ0n) is 14.8. The summed E-state index contributed by atoms with van der Waals surface area (Å²) in [5, 5.41) is 30.4. The second kappa shape index (κ2) is 7.25. The molecule has 27 heavy (non-hydrogen) atoms. The molecule has 0 amide bonds. The number of hydrogen-bond acceptors (Lipinski definition) is 5. The first-order valence-corrected chi connectivity index (χ1v) is 8.63. The second-order valence-electron chi connectivity index (χ2n) is 6.25. The molecule has 0 unspecified atom stereocenters. The fraction of sp³-hybridized carbons (Fsp3) is 0.100. The average Bonchev–Trinajstić information content (AvgIpc) is 3.34. The molecule has 2 aromatic heterocycles. The Morgan fingerprint density at radius 1 is 0.963 bits per heavy atom. The first-order chi connectivity index (χ1) is 13.2. The molecule has 2 heterocycles. The van der Waals surface area contributed by atoms with Crippen molar-refractivity contribution in [1.29, 1.82) is 0 Å². The third kappa shape index (κ3) is 3.77. The first kappa shape index (κ1) is 16.7. The van der Waals surface area contributed by atoms with E-state index in [1.165, 1.54) is 0 Å². The van der Waals surface area contributed by atoms with Gasteiger partial charge in [0.15, 0.2) is 5.82 Å². The molecule has 0 aliphatic carbocycles. The van der Waals surface area contributed by atoms with Crippen LogP contribution in [0.15, 0.2) is 60.8 Å². The van der Waals surface area contributed by atoms with E-state index < -0.39 is 0 Å². The predicted octanol–water partition coefficient (Wildman–Crippen LogP) is 4.17. The molecule has 7 nitrogen and oxygen atoms in total. The van der Waals surface area contributed by atoms with Gasteiger partial charge in [0.25, 0.3) is 0 Å². The minimum Gasteiger partial charge on any atom is -0.508 e. The Hall–Kier alpha value is -3.74. The number of H-pyrrole nitrogens is 2. The van der Waals surface area contributed by atoms with Crippen LogP contribution in [0.2, 0.25) is 0 Å². The van der Waals surface area contributed by atoms with Crippen LogP contribution in [-0.2, 0) is 6.54 Å². The Balaban J connectivity index is 1.42. The smallest absolute Gasteiger partial charge is 0.157 e. The molecule has 2 aromatic carbocycles. The highest BCUT2D eigenvalue weighted by Crippen LogP contribution is 2.25. The lowest BCUT2D eigenvalue weighted by atomic mass is 10.1. The summed E-state index contributed by atoms with van der Waals surface area (Å²) in [6, 6.07) is 17.1. The molecule has 0 atom stereocenters. The molecule has 0 bridgehead atoms. The van der Waals surface area contributed by atoms with E-state index in [9.17, 15) is 5.11 Å². The van der Waals surface area contributed by atoms with Crippen LogP contribution in [0.5, 0.6) is 5.75 Å². The highest BCUT2D eigenvalue weighted by molar-refractivity contribution is 5.68. The number of aromatic hydroxyl groups is 1. The fourth-order valence-corrected chi connectivity index (χ4v) is 2.78. The van der Waals surface area contributed by atoms with Crippen molar-refractivity contribution in [1.82, 2.24) is 20.4 Å². The van der Waals surface area contributed by atoms with Crippen molar-refractivity contribution in [2.75, 3.05) is 10.6 Å². The molecule has 4 rings (SSSR count). The SMILES string of the molecule is Cc1c(Nc2ccc(-c3cc[nH]n3)cc2)n[nH]c1NCc1ccc(O)cc1. The molecule has 0 fully saturated rings. The van der Waals surface area contributed by atoms with E-state index in [1.54, 1.807) is 18.3 Å². The largest absolute Gasteiger partial charge is 0.508 e. The topological polar surface area (TPSA) is 102 Å². The number of benzene rings is 2. The highest BCUT2D eigenvalue weighted by atomic mass is 16.3. The normalized spacial score (nSPS) is 10.7. The number of hydrogen-bond donors (Lipinski definition) is 5. The van der Waals surface area contributed by atoms with Crippen LogP contribution in [0, 0.1) is 6.92 Å². The van der Waals surface area contributed by atoms with Gasteiger partial charge in [0.05, 0.1) is 5.69 Å². The van der Waals surface area contributed by atoms with E-state index >= 15 is 0 Å². The van der Waals surface area contributed by atoms with E-state index in [0.29, 0.717) is 6.54 Å². The van der Waals surface area contributed by atoms with Crippen LogP contribution in [0.4, 0.5) is 17.3 Å². The lowest BCUT2D eigenvalue weighted by Crippen LogP contribution is -2.00. The third-order valence-corrected chi connectivity index (χ3v) is 4.36. The van der Waals surface area contributed by atoms with Crippen molar-refractivity contribution in [3.63, 3.8) is 0 Å². The van der Waals surface area contributed by atoms with Gasteiger partial charge in [-0.15, -0.1) is 0 Å². The summed E-state index contributed by atoms with van der Waals surface area (Å²) in [6.07, 6.45) is 1.81. The third-order valence-electron chi connectivity index (χ3n) is 4.36. The average molecular weight is 360 g/mol. The molecule has 0 radical (unpaired) electrons. The summed E-state index contributed by atoms with van der Waals surface area (Å²) < 4.78 is 0. The number of nitrogens with zero attached hydrogens (tertiary/aromatic N) is 2. The van der Waals surface area contributed by atoms with Crippen molar-refractivity contribution >= 4 is 17.3 Å². The number of aromatic nitrogens is 4. The monoisotopic (exact) mass is 360 g/mol. The Kier molecular flexibility index (Phi) is 4.49. The van der Waals surface area contributed by atoms with Crippen LogP contribution in [-0.4, -0.2) is 25.5 Å². The Morgan fingerprint density at radius 3 is 2.44 bits per heavy atom. The number of rotatable bonds is 6. The van der Waals surface area contributed by atoms with E-state index in [0.717, 1.165) is 39.7 Å². The number of nitrogens with one attached hydrogen (secondary N) is 4. The van der Waals surface area contributed by atoms with Crippen molar-refractivity contribution in [3.8, 4) is 17.0 Å². The van der Waals surface area contributed by atoms with E-state index in [1.807, 2.05) is 49.4 Å².